The molecular weight excluding hydrogens is 166 g/mol. The van der Waals surface area contributed by atoms with Crippen molar-refractivity contribution in [2.45, 2.75) is 18.9 Å². The van der Waals surface area contributed by atoms with Crippen molar-refractivity contribution in [3.8, 4) is 0 Å². The minimum atomic E-state index is 0.0966. The number of amides is 1. The van der Waals surface area contributed by atoms with E-state index in [4.69, 9.17) is 5.73 Å². The molecule has 0 bridgehead atoms. The first-order valence-corrected chi connectivity index (χ1v) is 4.79. The maximum absolute atomic E-state index is 11.3. The molecule has 0 heterocycles. The standard InChI is InChI=1S/C9H19N3O/c1-12(2)5-3-4-11-9(13)7-6-8(7)10/h7-8H,3-6,10H2,1-2H3,(H,11,13). The van der Waals surface area contributed by atoms with E-state index in [-0.39, 0.29) is 17.9 Å². The quantitative estimate of drug-likeness (QED) is 0.562. The summed E-state index contributed by atoms with van der Waals surface area (Å²) in [4.78, 5) is 13.4. The van der Waals surface area contributed by atoms with Gasteiger partial charge in [0.2, 0.25) is 5.91 Å². The van der Waals surface area contributed by atoms with Gasteiger partial charge in [0.05, 0.1) is 5.92 Å². The Kier molecular flexibility index (Phi) is 3.69. The molecule has 2 atom stereocenters. The molecule has 3 N–H and O–H groups in total. The van der Waals surface area contributed by atoms with Crippen LogP contribution in [0.25, 0.3) is 0 Å². The predicted octanol–water partition coefficient (Wildman–Crippen LogP) is -0.598. The molecule has 1 fully saturated rings. The molecule has 4 nitrogen and oxygen atoms in total. The largest absolute Gasteiger partial charge is 0.356 e. The Morgan fingerprint density at radius 3 is 2.69 bits per heavy atom. The summed E-state index contributed by atoms with van der Waals surface area (Å²) in [5.41, 5.74) is 5.55. The van der Waals surface area contributed by atoms with E-state index >= 15 is 0 Å². The Balaban J connectivity index is 1.97. The maximum atomic E-state index is 11.3. The Labute approximate surface area is 79.5 Å². The highest BCUT2D eigenvalue weighted by atomic mass is 16.2. The second-order valence-corrected chi connectivity index (χ2v) is 3.95. The van der Waals surface area contributed by atoms with Crippen LogP contribution in [-0.4, -0.2) is 44.0 Å². The van der Waals surface area contributed by atoms with Crippen LogP contribution in [0.4, 0.5) is 0 Å². The Bertz CT molecular complexity index is 182. The molecule has 1 amide bonds. The van der Waals surface area contributed by atoms with Crippen LogP contribution in [0.5, 0.6) is 0 Å². The van der Waals surface area contributed by atoms with Crippen molar-refractivity contribution in [3.63, 3.8) is 0 Å². The fourth-order valence-corrected chi connectivity index (χ4v) is 1.25. The first-order valence-electron chi connectivity index (χ1n) is 4.79. The zero-order valence-corrected chi connectivity index (χ0v) is 8.42. The zero-order valence-electron chi connectivity index (χ0n) is 8.42. The minimum Gasteiger partial charge on any atom is -0.356 e. The van der Waals surface area contributed by atoms with Crippen LogP contribution in [0, 0.1) is 5.92 Å². The highest BCUT2D eigenvalue weighted by Crippen LogP contribution is 2.27. The fourth-order valence-electron chi connectivity index (χ4n) is 1.25. The van der Waals surface area contributed by atoms with Crippen LogP contribution >= 0.6 is 0 Å². The molecule has 1 saturated carbocycles. The second kappa shape index (κ2) is 4.58. The van der Waals surface area contributed by atoms with Crippen molar-refractivity contribution in [2.75, 3.05) is 27.2 Å². The van der Waals surface area contributed by atoms with Crippen molar-refractivity contribution in [2.24, 2.45) is 11.7 Å². The van der Waals surface area contributed by atoms with E-state index in [0.717, 1.165) is 25.9 Å². The minimum absolute atomic E-state index is 0.0966. The summed E-state index contributed by atoms with van der Waals surface area (Å²) in [6, 6.07) is 0.119. The summed E-state index contributed by atoms with van der Waals surface area (Å²) in [6.07, 6.45) is 1.86. The summed E-state index contributed by atoms with van der Waals surface area (Å²) < 4.78 is 0. The van der Waals surface area contributed by atoms with E-state index in [1.807, 2.05) is 14.1 Å². The lowest BCUT2D eigenvalue weighted by atomic mass is 10.3. The van der Waals surface area contributed by atoms with Crippen LogP contribution in [0.2, 0.25) is 0 Å². The fraction of sp³-hybridized carbons (Fsp3) is 0.889. The summed E-state index contributed by atoms with van der Waals surface area (Å²) in [5.74, 6) is 0.227. The Morgan fingerprint density at radius 1 is 1.62 bits per heavy atom. The number of rotatable bonds is 5. The van der Waals surface area contributed by atoms with Gasteiger partial charge in [-0.3, -0.25) is 4.79 Å². The van der Waals surface area contributed by atoms with Gasteiger partial charge >= 0.3 is 0 Å². The van der Waals surface area contributed by atoms with Gasteiger partial charge in [0.15, 0.2) is 0 Å². The lowest BCUT2D eigenvalue weighted by Crippen LogP contribution is -2.30. The molecule has 0 saturated heterocycles. The third-order valence-electron chi connectivity index (χ3n) is 2.26. The highest BCUT2D eigenvalue weighted by Gasteiger charge is 2.39. The van der Waals surface area contributed by atoms with Crippen molar-refractivity contribution in [1.29, 1.82) is 0 Å². The van der Waals surface area contributed by atoms with Crippen molar-refractivity contribution < 1.29 is 4.79 Å². The van der Waals surface area contributed by atoms with E-state index in [1.54, 1.807) is 0 Å². The molecule has 13 heavy (non-hydrogen) atoms. The average Bonchev–Trinajstić information content (AvgIpc) is 2.75. The van der Waals surface area contributed by atoms with Gasteiger partial charge in [0.25, 0.3) is 0 Å². The van der Waals surface area contributed by atoms with Gasteiger partial charge < -0.3 is 16.0 Å². The molecule has 2 unspecified atom stereocenters. The normalized spacial score (nSPS) is 26.2. The van der Waals surface area contributed by atoms with Gasteiger partial charge in [0.1, 0.15) is 0 Å². The summed E-state index contributed by atoms with van der Waals surface area (Å²) >= 11 is 0. The first-order chi connectivity index (χ1) is 6.11. The first kappa shape index (κ1) is 10.5. The molecule has 0 aromatic heterocycles. The second-order valence-electron chi connectivity index (χ2n) is 3.95. The molecule has 1 rings (SSSR count). The number of nitrogens with one attached hydrogen (secondary N) is 1. The molecule has 0 aromatic rings. The highest BCUT2D eigenvalue weighted by molar-refractivity contribution is 5.82. The third kappa shape index (κ3) is 3.74. The van der Waals surface area contributed by atoms with Crippen LogP contribution in [0.15, 0.2) is 0 Å². The average molecular weight is 185 g/mol. The van der Waals surface area contributed by atoms with Gasteiger partial charge in [-0.15, -0.1) is 0 Å². The van der Waals surface area contributed by atoms with Crippen LogP contribution in [0.3, 0.4) is 0 Å². The van der Waals surface area contributed by atoms with Gasteiger partial charge in [-0.25, -0.2) is 0 Å². The Morgan fingerprint density at radius 2 is 2.23 bits per heavy atom. The van der Waals surface area contributed by atoms with Crippen molar-refractivity contribution in [3.05, 3.63) is 0 Å². The number of nitrogens with two attached hydrogens (primary N) is 1. The zero-order chi connectivity index (χ0) is 9.84. The van der Waals surface area contributed by atoms with E-state index < -0.39 is 0 Å². The number of hydrogen-bond donors (Lipinski definition) is 2. The molecule has 0 aromatic carbocycles. The van der Waals surface area contributed by atoms with Gasteiger partial charge in [0, 0.05) is 12.6 Å². The lowest BCUT2D eigenvalue weighted by molar-refractivity contribution is -0.122. The number of nitrogens with zero attached hydrogens (tertiary/aromatic N) is 1. The number of hydrogen-bond acceptors (Lipinski definition) is 3. The lowest BCUT2D eigenvalue weighted by Gasteiger charge is -2.09. The predicted molar refractivity (Wildman–Crippen MR) is 52.3 cm³/mol. The third-order valence-corrected chi connectivity index (χ3v) is 2.26. The van der Waals surface area contributed by atoms with E-state index in [0.29, 0.717) is 0 Å². The Hall–Kier alpha value is -0.610. The molecule has 1 aliphatic carbocycles. The van der Waals surface area contributed by atoms with E-state index in [1.165, 1.54) is 0 Å². The molecule has 1 aliphatic rings. The molecule has 0 aliphatic heterocycles. The van der Waals surface area contributed by atoms with Crippen LogP contribution < -0.4 is 11.1 Å². The van der Waals surface area contributed by atoms with Crippen LogP contribution in [0.1, 0.15) is 12.8 Å². The molecule has 4 heteroatoms. The van der Waals surface area contributed by atoms with Gasteiger partial charge in [-0.1, -0.05) is 0 Å². The topological polar surface area (TPSA) is 58.4 Å². The van der Waals surface area contributed by atoms with Crippen molar-refractivity contribution in [1.82, 2.24) is 10.2 Å². The van der Waals surface area contributed by atoms with Crippen LogP contribution in [-0.2, 0) is 4.79 Å². The summed E-state index contributed by atoms with van der Waals surface area (Å²) in [5, 5.41) is 2.88. The molecule has 76 valence electrons. The molecule has 0 spiro atoms. The molecular formula is C9H19N3O. The monoisotopic (exact) mass is 185 g/mol. The summed E-state index contributed by atoms with van der Waals surface area (Å²) in [6.45, 7) is 1.78. The number of carbonyl (C=O) groups is 1. The number of carbonyl (C=O) groups excluding carboxylic acids is 1. The van der Waals surface area contributed by atoms with Gasteiger partial charge in [-0.05, 0) is 33.5 Å². The maximum Gasteiger partial charge on any atom is 0.224 e. The van der Waals surface area contributed by atoms with E-state index in [2.05, 4.69) is 10.2 Å². The van der Waals surface area contributed by atoms with Gasteiger partial charge in [-0.2, -0.15) is 0 Å². The smallest absolute Gasteiger partial charge is 0.224 e. The summed E-state index contributed by atoms with van der Waals surface area (Å²) in [7, 11) is 4.05. The SMILES string of the molecule is CN(C)CCCNC(=O)C1CC1N. The molecule has 0 radical (unpaired) electrons. The van der Waals surface area contributed by atoms with Crippen molar-refractivity contribution >= 4 is 5.91 Å². The van der Waals surface area contributed by atoms with E-state index in [9.17, 15) is 4.79 Å².